The molecule has 0 saturated carbocycles. The Bertz CT molecular complexity index is 350. The Morgan fingerprint density at radius 2 is 2.06 bits per heavy atom. The molecule has 0 aromatic heterocycles. The minimum Gasteiger partial charge on any atom is -0.312 e. The molecule has 90 valence electrons. The van der Waals surface area contributed by atoms with Crippen LogP contribution in [0.25, 0.3) is 0 Å². The van der Waals surface area contributed by atoms with Crippen LogP contribution in [0.5, 0.6) is 0 Å². The number of rotatable bonds is 5. The van der Waals surface area contributed by atoms with Crippen LogP contribution in [0, 0.1) is 5.41 Å². The molecule has 3 heteroatoms. The number of hydrogen-bond donors (Lipinski definition) is 1. The van der Waals surface area contributed by atoms with Gasteiger partial charge in [-0.05, 0) is 35.6 Å². The van der Waals surface area contributed by atoms with E-state index in [0.717, 1.165) is 22.6 Å². The van der Waals surface area contributed by atoms with Crippen LogP contribution in [0.1, 0.15) is 32.8 Å². The molecule has 0 atom stereocenters. The zero-order chi connectivity index (χ0) is 12.2. The smallest absolute Gasteiger partial charge is 0.0410 e. The van der Waals surface area contributed by atoms with Crippen LogP contribution in [0.2, 0.25) is 5.02 Å². The average Bonchev–Trinajstić information content (AvgIpc) is 2.23. The van der Waals surface area contributed by atoms with Crippen molar-refractivity contribution in [1.82, 2.24) is 5.32 Å². The molecule has 0 spiro atoms. The van der Waals surface area contributed by atoms with E-state index in [1.165, 1.54) is 12.0 Å². The van der Waals surface area contributed by atoms with E-state index < -0.39 is 0 Å². The molecule has 1 aromatic carbocycles. The van der Waals surface area contributed by atoms with Crippen LogP contribution >= 0.6 is 27.5 Å². The predicted octanol–water partition coefficient (Wildman–Crippen LogP) is 4.63. The molecule has 0 aliphatic rings. The molecule has 1 nitrogen and oxygen atoms in total. The summed E-state index contributed by atoms with van der Waals surface area (Å²) in [4.78, 5) is 0. The molecule has 1 rings (SSSR count). The fourth-order valence-corrected chi connectivity index (χ4v) is 1.92. The Labute approximate surface area is 112 Å². The van der Waals surface area contributed by atoms with E-state index in [9.17, 15) is 0 Å². The van der Waals surface area contributed by atoms with E-state index in [1.54, 1.807) is 0 Å². The maximum absolute atomic E-state index is 5.96. The highest BCUT2D eigenvalue weighted by molar-refractivity contribution is 9.10. The van der Waals surface area contributed by atoms with Crippen molar-refractivity contribution in [2.45, 2.75) is 33.7 Å². The molecule has 0 heterocycles. The van der Waals surface area contributed by atoms with Crippen molar-refractivity contribution >= 4 is 27.5 Å². The monoisotopic (exact) mass is 303 g/mol. The summed E-state index contributed by atoms with van der Waals surface area (Å²) >= 11 is 9.49. The number of nitrogens with one attached hydrogen (secondary N) is 1. The minimum atomic E-state index is 0.352. The van der Waals surface area contributed by atoms with Gasteiger partial charge in [-0.2, -0.15) is 0 Å². The van der Waals surface area contributed by atoms with Gasteiger partial charge in [0.1, 0.15) is 0 Å². The van der Waals surface area contributed by atoms with Crippen molar-refractivity contribution < 1.29 is 0 Å². The fraction of sp³-hybridized carbons (Fsp3) is 0.538. The second-order valence-corrected chi connectivity index (χ2v) is 6.15. The van der Waals surface area contributed by atoms with E-state index in [1.807, 2.05) is 18.2 Å². The van der Waals surface area contributed by atoms with Crippen molar-refractivity contribution in [2.24, 2.45) is 5.41 Å². The second-order valence-electron chi connectivity index (χ2n) is 4.86. The van der Waals surface area contributed by atoms with Gasteiger partial charge in [0.05, 0.1) is 0 Å². The summed E-state index contributed by atoms with van der Waals surface area (Å²) in [5.41, 5.74) is 1.56. The highest BCUT2D eigenvalue weighted by Crippen LogP contribution is 2.22. The van der Waals surface area contributed by atoms with E-state index in [-0.39, 0.29) is 0 Å². The van der Waals surface area contributed by atoms with Crippen molar-refractivity contribution in [3.63, 3.8) is 0 Å². The van der Waals surface area contributed by atoms with Crippen LogP contribution in [-0.2, 0) is 6.54 Å². The molecular weight excluding hydrogens is 286 g/mol. The standard InChI is InChI=1S/C13H19BrClN/c1-4-13(2,3)9-16-8-10-7-11(15)5-6-12(10)14/h5-7,16H,4,8-9H2,1-3H3. The average molecular weight is 305 g/mol. The van der Waals surface area contributed by atoms with Gasteiger partial charge in [0.2, 0.25) is 0 Å². The summed E-state index contributed by atoms with van der Waals surface area (Å²) in [6, 6.07) is 5.88. The Morgan fingerprint density at radius 1 is 1.38 bits per heavy atom. The van der Waals surface area contributed by atoms with E-state index in [4.69, 9.17) is 11.6 Å². The predicted molar refractivity (Wildman–Crippen MR) is 74.9 cm³/mol. The van der Waals surface area contributed by atoms with Gasteiger partial charge in [0.15, 0.2) is 0 Å². The first-order chi connectivity index (χ1) is 7.44. The fourth-order valence-electron chi connectivity index (χ4n) is 1.34. The largest absolute Gasteiger partial charge is 0.312 e. The lowest BCUT2D eigenvalue weighted by Gasteiger charge is -2.23. The summed E-state index contributed by atoms with van der Waals surface area (Å²) in [6.45, 7) is 8.63. The molecular formula is C13H19BrClN. The number of benzene rings is 1. The lowest BCUT2D eigenvalue weighted by atomic mass is 9.90. The van der Waals surface area contributed by atoms with Crippen LogP contribution in [-0.4, -0.2) is 6.54 Å². The molecule has 1 aromatic rings. The maximum atomic E-state index is 5.96. The third-order valence-electron chi connectivity index (χ3n) is 2.88. The molecule has 0 unspecified atom stereocenters. The van der Waals surface area contributed by atoms with Crippen molar-refractivity contribution in [2.75, 3.05) is 6.54 Å². The van der Waals surface area contributed by atoms with Gasteiger partial charge < -0.3 is 5.32 Å². The summed E-state index contributed by atoms with van der Waals surface area (Å²) in [5.74, 6) is 0. The van der Waals surface area contributed by atoms with Gasteiger partial charge in [-0.1, -0.05) is 48.3 Å². The Morgan fingerprint density at radius 3 is 2.69 bits per heavy atom. The van der Waals surface area contributed by atoms with E-state index in [2.05, 4.69) is 42.0 Å². The Hall–Kier alpha value is -0.0500. The molecule has 0 aliphatic heterocycles. The van der Waals surface area contributed by atoms with Gasteiger partial charge >= 0.3 is 0 Å². The SMILES string of the molecule is CCC(C)(C)CNCc1cc(Cl)ccc1Br. The first kappa shape index (κ1) is 14.0. The molecule has 16 heavy (non-hydrogen) atoms. The summed E-state index contributed by atoms with van der Waals surface area (Å²) < 4.78 is 1.11. The topological polar surface area (TPSA) is 12.0 Å². The highest BCUT2D eigenvalue weighted by atomic mass is 79.9. The first-order valence-corrected chi connectivity index (χ1v) is 6.76. The van der Waals surface area contributed by atoms with Gasteiger partial charge in [-0.15, -0.1) is 0 Å². The lowest BCUT2D eigenvalue weighted by molar-refractivity contribution is 0.327. The van der Waals surface area contributed by atoms with Crippen molar-refractivity contribution in [1.29, 1.82) is 0 Å². The van der Waals surface area contributed by atoms with Gasteiger partial charge in [0.25, 0.3) is 0 Å². The maximum Gasteiger partial charge on any atom is 0.0410 e. The van der Waals surface area contributed by atoms with Crippen molar-refractivity contribution in [3.05, 3.63) is 33.3 Å². The van der Waals surface area contributed by atoms with Crippen LogP contribution in [0.4, 0.5) is 0 Å². The lowest BCUT2D eigenvalue weighted by Crippen LogP contribution is -2.28. The molecule has 1 N–H and O–H groups in total. The quantitative estimate of drug-likeness (QED) is 0.836. The molecule has 0 amide bonds. The molecule has 0 radical (unpaired) electrons. The Balaban J connectivity index is 2.52. The van der Waals surface area contributed by atoms with Gasteiger partial charge in [-0.25, -0.2) is 0 Å². The minimum absolute atomic E-state index is 0.352. The Kier molecular flexibility index (Phi) is 5.29. The third kappa shape index (κ3) is 4.44. The van der Waals surface area contributed by atoms with Crippen molar-refractivity contribution in [3.8, 4) is 0 Å². The third-order valence-corrected chi connectivity index (χ3v) is 3.89. The summed E-state index contributed by atoms with van der Waals surface area (Å²) in [6.07, 6.45) is 1.18. The zero-order valence-electron chi connectivity index (χ0n) is 10.1. The van der Waals surface area contributed by atoms with E-state index >= 15 is 0 Å². The normalized spacial score (nSPS) is 11.8. The molecule has 0 aliphatic carbocycles. The summed E-state index contributed by atoms with van der Waals surface area (Å²) in [7, 11) is 0. The zero-order valence-corrected chi connectivity index (χ0v) is 12.5. The number of hydrogen-bond acceptors (Lipinski definition) is 1. The highest BCUT2D eigenvalue weighted by Gasteiger charge is 2.14. The van der Waals surface area contributed by atoms with Crippen LogP contribution in [0.15, 0.2) is 22.7 Å². The molecule has 0 fully saturated rings. The summed E-state index contributed by atoms with van der Waals surface area (Å²) in [5, 5.41) is 4.26. The van der Waals surface area contributed by atoms with Crippen LogP contribution in [0.3, 0.4) is 0 Å². The van der Waals surface area contributed by atoms with Gasteiger partial charge in [-0.3, -0.25) is 0 Å². The number of halogens is 2. The van der Waals surface area contributed by atoms with E-state index in [0.29, 0.717) is 5.41 Å². The second kappa shape index (κ2) is 6.04. The van der Waals surface area contributed by atoms with Crippen LogP contribution < -0.4 is 5.32 Å². The first-order valence-electron chi connectivity index (χ1n) is 5.59. The van der Waals surface area contributed by atoms with Gasteiger partial charge in [0, 0.05) is 22.6 Å². The molecule has 0 saturated heterocycles. The molecule has 0 bridgehead atoms.